The first-order valence-electron chi connectivity index (χ1n) is 10.6. The molecule has 0 aromatic heterocycles. The normalized spacial score (nSPS) is 15.7. The van der Waals surface area contributed by atoms with Crippen molar-refractivity contribution in [1.29, 1.82) is 0 Å². The molecular weight excluding hydrogens is 452 g/mol. The van der Waals surface area contributed by atoms with Crippen LogP contribution in [0.1, 0.15) is 49.0 Å². The van der Waals surface area contributed by atoms with Crippen molar-refractivity contribution < 1.29 is 22.7 Å². The number of rotatable bonds is 7. The lowest BCUT2D eigenvalue weighted by atomic mass is 10.1. The molecule has 0 aliphatic carbocycles. The third kappa shape index (κ3) is 5.68. The molecule has 1 aliphatic rings. The Hall–Kier alpha value is -2.42. The molecule has 32 heavy (non-hydrogen) atoms. The van der Waals surface area contributed by atoms with E-state index in [0.29, 0.717) is 18.8 Å². The van der Waals surface area contributed by atoms with E-state index in [1.165, 1.54) is 29.4 Å². The van der Waals surface area contributed by atoms with Crippen LogP contribution < -0.4 is 5.32 Å². The number of carbonyl (C=O) groups excluding carboxylic acids is 2. The Bertz CT molecular complexity index is 1080. The van der Waals surface area contributed by atoms with Crippen LogP contribution >= 0.6 is 11.6 Å². The summed E-state index contributed by atoms with van der Waals surface area (Å²) in [5.74, 6) is -1.29. The van der Waals surface area contributed by atoms with E-state index >= 15 is 0 Å². The number of nitrogens with one attached hydrogen (secondary N) is 1. The fraction of sp³-hybridized carbons (Fsp3) is 0.391. The molecule has 7 nitrogen and oxygen atoms in total. The lowest BCUT2D eigenvalue weighted by Crippen LogP contribution is -2.36. The Kier molecular flexibility index (Phi) is 7.92. The number of piperidine rings is 1. The first-order valence-corrected chi connectivity index (χ1v) is 12.4. The van der Waals surface area contributed by atoms with Crippen molar-refractivity contribution in [2.45, 2.75) is 50.5 Å². The van der Waals surface area contributed by atoms with E-state index in [9.17, 15) is 18.0 Å². The van der Waals surface area contributed by atoms with Gasteiger partial charge in [-0.25, -0.2) is 13.2 Å². The molecule has 2 aromatic rings. The molecule has 1 heterocycles. The summed E-state index contributed by atoms with van der Waals surface area (Å²) in [4.78, 5) is 24.9. The highest BCUT2D eigenvalue weighted by Gasteiger charge is 2.29. The van der Waals surface area contributed by atoms with Gasteiger partial charge in [-0.15, -0.1) is 0 Å². The van der Waals surface area contributed by atoms with Crippen LogP contribution in [0.3, 0.4) is 0 Å². The largest absolute Gasteiger partial charge is 0.449 e. The van der Waals surface area contributed by atoms with E-state index in [2.05, 4.69) is 5.32 Å². The number of hydrogen-bond acceptors (Lipinski definition) is 5. The molecule has 1 N–H and O–H groups in total. The lowest BCUT2D eigenvalue weighted by Gasteiger charge is -2.26. The smallest absolute Gasteiger partial charge is 0.338 e. The van der Waals surface area contributed by atoms with E-state index in [1.54, 1.807) is 12.1 Å². The zero-order chi connectivity index (χ0) is 23.3. The van der Waals surface area contributed by atoms with E-state index in [-0.39, 0.29) is 15.5 Å². The Balaban J connectivity index is 1.70. The minimum Gasteiger partial charge on any atom is -0.449 e. The Morgan fingerprint density at radius 1 is 1.09 bits per heavy atom. The molecule has 0 spiro atoms. The maximum absolute atomic E-state index is 13.0. The van der Waals surface area contributed by atoms with Crippen LogP contribution in [0.25, 0.3) is 0 Å². The van der Waals surface area contributed by atoms with Gasteiger partial charge in [-0.05, 0) is 62.1 Å². The van der Waals surface area contributed by atoms with Gasteiger partial charge in [0.15, 0.2) is 6.10 Å². The number of amides is 1. The van der Waals surface area contributed by atoms with Crippen LogP contribution in [0, 0.1) is 0 Å². The van der Waals surface area contributed by atoms with E-state index in [1.807, 2.05) is 19.1 Å². The predicted molar refractivity (Wildman–Crippen MR) is 123 cm³/mol. The molecule has 3 rings (SSSR count). The fourth-order valence-electron chi connectivity index (χ4n) is 3.42. The van der Waals surface area contributed by atoms with Gasteiger partial charge in [0.2, 0.25) is 10.0 Å². The molecule has 1 aliphatic heterocycles. The average molecular weight is 479 g/mol. The van der Waals surface area contributed by atoms with E-state index < -0.39 is 28.0 Å². The molecule has 0 saturated carbocycles. The van der Waals surface area contributed by atoms with Crippen LogP contribution in [-0.2, 0) is 26.0 Å². The molecule has 2 aromatic carbocycles. The summed E-state index contributed by atoms with van der Waals surface area (Å²) in [5.41, 5.74) is 1.74. The molecule has 1 fully saturated rings. The lowest BCUT2D eigenvalue weighted by molar-refractivity contribution is -0.123. The number of ether oxygens (including phenoxy) is 1. The minimum atomic E-state index is -3.83. The van der Waals surface area contributed by atoms with Crippen LogP contribution in [-0.4, -0.2) is 43.8 Å². The molecule has 172 valence electrons. The van der Waals surface area contributed by atoms with E-state index in [0.717, 1.165) is 31.2 Å². The summed E-state index contributed by atoms with van der Waals surface area (Å²) in [6.45, 7) is 4.33. The monoisotopic (exact) mass is 478 g/mol. The highest BCUT2D eigenvalue weighted by Crippen LogP contribution is 2.28. The number of benzene rings is 2. The fourth-order valence-corrected chi connectivity index (χ4v) is 5.44. The quantitative estimate of drug-likeness (QED) is 0.600. The van der Waals surface area contributed by atoms with Crippen molar-refractivity contribution in [1.82, 2.24) is 4.31 Å². The van der Waals surface area contributed by atoms with Crippen LogP contribution in [0.5, 0.6) is 0 Å². The SMILES string of the molecule is CCc1ccc(NC(=O)C(C)OC(=O)c2ccc(Cl)c(S(=O)(=O)N3CCCCC3)c2)cc1. The molecule has 1 saturated heterocycles. The third-order valence-corrected chi connectivity index (χ3v) is 7.76. The first kappa shape index (κ1) is 24.2. The molecule has 0 bridgehead atoms. The number of sulfonamides is 1. The Morgan fingerprint density at radius 2 is 1.75 bits per heavy atom. The average Bonchev–Trinajstić information content (AvgIpc) is 2.80. The molecule has 1 amide bonds. The topological polar surface area (TPSA) is 92.8 Å². The Morgan fingerprint density at radius 3 is 2.38 bits per heavy atom. The van der Waals surface area contributed by atoms with Gasteiger partial charge in [-0.2, -0.15) is 4.31 Å². The standard InChI is InChI=1S/C23H27ClN2O5S/c1-3-17-7-10-19(11-8-17)25-22(27)16(2)31-23(28)18-9-12-20(24)21(15-18)32(29,30)26-13-5-4-6-14-26/h7-12,15-16H,3-6,13-14H2,1-2H3,(H,25,27). The zero-order valence-corrected chi connectivity index (χ0v) is 19.7. The van der Waals surface area contributed by atoms with Crippen molar-refractivity contribution in [3.8, 4) is 0 Å². The summed E-state index contributed by atoms with van der Waals surface area (Å²) in [5, 5.41) is 2.73. The molecule has 9 heteroatoms. The predicted octanol–water partition coefficient (Wildman–Crippen LogP) is 4.26. The summed E-state index contributed by atoms with van der Waals surface area (Å²) < 4.78 is 32.6. The van der Waals surface area contributed by atoms with Gasteiger partial charge in [-0.3, -0.25) is 4.79 Å². The minimum absolute atomic E-state index is 0.0110. The van der Waals surface area contributed by atoms with Gasteiger partial charge in [0.1, 0.15) is 4.90 Å². The van der Waals surface area contributed by atoms with Gasteiger partial charge in [0, 0.05) is 18.8 Å². The number of nitrogens with zero attached hydrogens (tertiary/aromatic N) is 1. The highest BCUT2D eigenvalue weighted by molar-refractivity contribution is 7.89. The van der Waals surface area contributed by atoms with Crippen LogP contribution in [0.4, 0.5) is 5.69 Å². The number of esters is 1. The van der Waals surface area contributed by atoms with Gasteiger partial charge in [0.05, 0.1) is 10.6 Å². The summed E-state index contributed by atoms with van der Waals surface area (Å²) in [6.07, 6.45) is 2.36. The molecule has 1 unspecified atom stereocenters. The number of carbonyl (C=O) groups is 2. The third-order valence-electron chi connectivity index (χ3n) is 5.38. The molecule has 0 radical (unpaired) electrons. The summed E-state index contributed by atoms with van der Waals surface area (Å²) in [6, 6.07) is 11.3. The van der Waals surface area contributed by atoms with Gasteiger partial charge in [-0.1, -0.05) is 37.1 Å². The zero-order valence-electron chi connectivity index (χ0n) is 18.1. The van der Waals surface area contributed by atoms with Crippen LogP contribution in [0.15, 0.2) is 47.4 Å². The number of hydrogen-bond donors (Lipinski definition) is 1. The summed E-state index contributed by atoms with van der Waals surface area (Å²) in [7, 11) is -3.83. The molecular formula is C23H27ClN2O5S. The number of anilines is 1. The van der Waals surface area contributed by atoms with Crippen molar-refractivity contribution in [3.63, 3.8) is 0 Å². The van der Waals surface area contributed by atoms with Gasteiger partial charge in [0.25, 0.3) is 5.91 Å². The summed E-state index contributed by atoms with van der Waals surface area (Å²) >= 11 is 6.15. The van der Waals surface area contributed by atoms with Crippen molar-refractivity contribution >= 4 is 39.2 Å². The van der Waals surface area contributed by atoms with E-state index in [4.69, 9.17) is 16.3 Å². The van der Waals surface area contributed by atoms with Gasteiger partial charge < -0.3 is 10.1 Å². The van der Waals surface area contributed by atoms with Gasteiger partial charge >= 0.3 is 5.97 Å². The van der Waals surface area contributed by atoms with Crippen LogP contribution in [0.2, 0.25) is 5.02 Å². The maximum Gasteiger partial charge on any atom is 0.338 e. The second-order valence-corrected chi connectivity index (χ2v) is 10.0. The number of aryl methyl sites for hydroxylation is 1. The maximum atomic E-state index is 13.0. The van der Waals surface area contributed by atoms with Crippen molar-refractivity contribution in [3.05, 3.63) is 58.6 Å². The first-order chi connectivity index (χ1) is 15.2. The highest BCUT2D eigenvalue weighted by atomic mass is 35.5. The van der Waals surface area contributed by atoms with Crippen molar-refractivity contribution in [2.75, 3.05) is 18.4 Å². The second kappa shape index (κ2) is 10.5. The number of halogens is 1. The van der Waals surface area contributed by atoms with Crippen molar-refractivity contribution in [2.24, 2.45) is 0 Å². The molecule has 1 atom stereocenters. The second-order valence-electron chi connectivity index (χ2n) is 7.70. The Labute approximate surface area is 193 Å².